The molecule has 8 nitrogen and oxygen atoms in total. The van der Waals surface area contributed by atoms with Crippen LogP contribution in [0.3, 0.4) is 0 Å². The number of amides is 2. The number of methoxy groups -OCH3 is 1. The molecule has 0 radical (unpaired) electrons. The number of benzene rings is 2. The maximum Gasteiger partial charge on any atom is 0.244 e. The lowest BCUT2D eigenvalue weighted by Gasteiger charge is -2.34. The summed E-state index contributed by atoms with van der Waals surface area (Å²) in [6.07, 6.45) is 2.18. The molecule has 0 aromatic heterocycles. The normalized spacial score (nSPS) is 13.0. The van der Waals surface area contributed by atoms with Crippen LogP contribution in [0.5, 0.6) is 5.75 Å². The molecule has 1 N–H and O–H groups in total. The molecule has 9 heteroatoms. The van der Waals surface area contributed by atoms with Gasteiger partial charge in [-0.1, -0.05) is 50.2 Å². The lowest BCUT2D eigenvalue weighted by atomic mass is 10.1. The Bertz CT molecular complexity index is 1120. The van der Waals surface area contributed by atoms with Gasteiger partial charge in [0.25, 0.3) is 0 Å². The highest BCUT2D eigenvalue weighted by molar-refractivity contribution is 7.92. The van der Waals surface area contributed by atoms with Gasteiger partial charge >= 0.3 is 0 Å². The zero-order valence-corrected chi connectivity index (χ0v) is 22.3. The molecule has 0 saturated carbocycles. The SMILES string of the molecule is CC[C@H](C)NC(=O)[C@H](CC)N(Cc1ccccc1C)C(=O)CN(c1ccccc1OC)S(C)(=O)=O. The minimum Gasteiger partial charge on any atom is -0.495 e. The van der Waals surface area contributed by atoms with Gasteiger partial charge in [-0.2, -0.15) is 0 Å². The number of nitrogens with zero attached hydrogens (tertiary/aromatic N) is 2. The van der Waals surface area contributed by atoms with Crippen LogP contribution in [0.4, 0.5) is 5.69 Å². The van der Waals surface area contributed by atoms with Crippen LogP contribution in [0.25, 0.3) is 0 Å². The number of nitrogens with one attached hydrogen (secondary N) is 1. The predicted molar refractivity (Wildman–Crippen MR) is 139 cm³/mol. The van der Waals surface area contributed by atoms with Crippen LogP contribution < -0.4 is 14.4 Å². The van der Waals surface area contributed by atoms with Crippen molar-refractivity contribution in [2.24, 2.45) is 0 Å². The van der Waals surface area contributed by atoms with Gasteiger partial charge < -0.3 is 15.0 Å². The van der Waals surface area contributed by atoms with Crippen molar-refractivity contribution in [2.45, 2.75) is 59.2 Å². The van der Waals surface area contributed by atoms with Crippen LogP contribution >= 0.6 is 0 Å². The average Bonchev–Trinajstić information content (AvgIpc) is 2.82. The molecule has 2 amide bonds. The molecular formula is C26H37N3O5S. The van der Waals surface area contributed by atoms with Gasteiger partial charge in [-0.15, -0.1) is 0 Å². The fourth-order valence-corrected chi connectivity index (χ4v) is 4.62. The lowest BCUT2D eigenvalue weighted by Crippen LogP contribution is -2.53. The van der Waals surface area contributed by atoms with E-state index in [4.69, 9.17) is 4.74 Å². The molecule has 2 rings (SSSR count). The molecular weight excluding hydrogens is 466 g/mol. The molecule has 0 bridgehead atoms. The molecule has 0 saturated heterocycles. The summed E-state index contributed by atoms with van der Waals surface area (Å²) in [5, 5.41) is 2.97. The van der Waals surface area contributed by atoms with Crippen LogP contribution in [0.15, 0.2) is 48.5 Å². The van der Waals surface area contributed by atoms with E-state index in [1.807, 2.05) is 52.0 Å². The summed E-state index contributed by atoms with van der Waals surface area (Å²) in [5.41, 5.74) is 2.13. The molecule has 192 valence electrons. The summed E-state index contributed by atoms with van der Waals surface area (Å²) >= 11 is 0. The summed E-state index contributed by atoms with van der Waals surface area (Å²) < 4.78 is 31.9. The van der Waals surface area contributed by atoms with E-state index in [2.05, 4.69) is 5.32 Å². The maximum atomic E-state index is 13.7. The number of carbonyl (C=O) groups is 2. The molecule has 0 aliphatic rings. The molecule has 2 aromatic rings. The first-order valence-electron chi connectivity index (χ1n) is 11.8. The third kappa shape index (κ3) is 7.45. The van der Waals surface area contributed by atoms with E-state index in [-0.39, 0.29) is 24.2 Å². The van der Waals surface area contributed by atoms with Crippen molar-refractivity contribution in [1.29, 1.82) is 0 Å². The number of para-hydroxylation sites is 2. The van der Waals surface area contributed by atoms with Crippen molar-refractivity contribution in [2.75, 3.05) is 24.2 Å². The van der Waals surface area contributed by atoms with Crippen LogP contribution in [-0.2, 0) is 26.2 Å². The number of aryl methyl sites for hydroxylation is 1. The highest BCUT2D eigenvalue weighted by atomic mass is 32.2. The van der Waals surface area contributed by atoms with Crippen molar-refractivity contribution >= 4 is 27.5 Å². The van der Waals surface area contributed by atoms with E-state index in [9.17, 15) is 18.0 Å². The van der Waals surface area contributed by atoms with E-state index in [1.165, 1.54) is 12.0 Å². The van der Waals surface area contributed by atoms with E-state index in [0.717, 1.165) is 28.1 Å². The number of hydrogen-bond donors (Lipinski definition) is 1. The number of carbonyl (C=O) groups excluding carboxylic acids is 2. The lowest BCUT2D eigenvalue weighted by molar-refractivity contribution is -0.140. The zero-order valence-electron chi connectivity index (χ0n) is 21.4. The van der Waals surface area contributed by atoms with Gasteiger partial charge in [-0.05, 0) is 49.9 Å². The Labute approximate surface area is 209 Å². The van der Waals surface area contributed by atoms with Crippen molar-refractivity contribution in [3.63, 3.8) is 0 Å². The Morgan fingerprint density at radius 3 is 2.23 bits per heavy atom. The molecule has 0 unspecified atom stereocenters. The highest BCUT2D eigenvalue weighted by Gasteiger charge is 2.33. The summed E-state index contributed by atoms with van der Waals surface area (Å²) in [4.78, 5) is 28.4. The Morgan fingerprint density at radius 1 is 1.03 bits per heavy atom. The third-order valence-corrected chi connectivity index (χ3v) is 7.15. The first-order chi connectivity index (χ1) is 16.5. The minimum atomic E-state index is -3.83. The maximum absolute atomic E-state index is 13.7. The standard InChI is InChI=1S/C26H37N3O5S/c1-7-20(4)27-26(31)22(8-2)28(17-21-14-10-9-13-19(21)3)25(30)18-29(35(6,32)33)23-15-11-12-16-24(23)34-5/h9-16,20,22H,7-8,17-18H2,1-6H3,(H,27,31)/t20-,22-/m0/s1. The third-order valence-electron chi connectivity index (χ3n) is 6.02. The van der Waals surface area contributed by atoms with Crippen LogP contribution in [0, 0.1) is 6.92 Å². The van der Waals surface area contributed by atoms with Gasteiger partial charge in [-0.25, -0.2) is 8.42 Å². The minimum absolute atomic E-state index is 0.0481. The predicted octanol–water partition coefficient (Wildman–Crippen LogP) is 3.49. The first kappa shape index (κ1) is 28.2. The van der Waals surface area contributed by atoms with E-state index < -0.39 is 28.5 Å². The molecule has 2 atom stereocenters. The number of ether oxygens (including phenoxy) is 1. The second-order valence-electron chi connectivity index (χ2n) is 8.63. The fraction of sp³-hybridized carbons (Fsp3) is 0.462. The van der Waals surface area contributed by atoms with Crippen LogP contribution in [-0.4, -0.2) is 57.1 Å². The summed E-state index contributed by atoms with van der Waals surface area (Å²) in [5.74, 6) is -0.402. The fourth-order valence-electron chi connectivity index (χ4n) is 3.76. The average molecular weight is 504 g/mol. The second kappa shape index (κ2) is 12.6. The van der Waals surface area contributed by atoms with E-state index >= 15 is 0 Å². The summed E-state index contributed by atoms with van der Waals surface area (Å²) in [7, 11) is -2.39. The largest absolute Gasteiger partial charge is 0.495 e. The van der Waals surface area contributed by atoms with Gasteiger partial charge in [0.15, 0.2) is 0 Å². The number of sulfonamides is 1. The summed E-state index contributed by atoms with van der Waals surface area (Å²) in [6.45, 7) is 7.38. The van der Waals surface area contributed by atoms with E-state index in [1.54, 1.807) is 24.3 Å². The second-order valence-corrected chi connectivity index (χ2v) is 10.5. The molecule has 35 heavy (non-hydrogen) atoms. The monoisotopic (exact) mass is 503 g/mol. The van der Waals surface area contributed by atoms with Crippen molar-refractivity contribution in [3.8, 4) is 5.75 Å². The van der Waals surface area contributed by atoms with Gasteiger partial charge in [0, 0.05) is 12.6 Å². The van der Waals surface area contributed by atoms with Crippen molar-refractivity contribution in [3.05, 3.63) is 59.7 Å². The number of rotatable bonds is 12. The molecule has 0 fully saturated rings. The highest BCUT2D eigenvalue weighted by Crippen LogP contribution is 2.30. The van der Waals surface area contributed by atoms with Gasteiger partial charge in [-0.3, -0.25) is 13.9 Å². The number of hydrogen-bond acceptors (Lipinski definition) is 5. The number of anilines is 1. The van der Waals surface area contributed by atoms with Crippen molar-refractivity contribution in [1.82, 2.24) is 10.2 Å². The molecule has 0 aliphatic carbocycles. The molecule has 0 spiro atoms. The van der Waals surface area contributed by atoms with Gasteiger partial charge in [0.05, 0.1) is 19.1 Å². The Kier molecular flexibility index (Phi) is 10.1. The smallest absolute Gasteiger partial charge is 0.244 e. The zero-order chi connectivity index (χ0) is 26.2. The first-order valence-corrected chi connectivity index (χ1v) is 13.6. The van der Waals surface area contributed by atoms with Crippen LogP contribution in [0.1, 0.15) is 44.7 Å². The van der Waals surface area contributed by atoms with Crippen LogP contribution in [0.2, 0.25) is 0 Å². The Morgan fingerprint density at radius 2 is 1.66 bits per heavy atom. The topological polar surface area (TPSA) is 96.0 Å². The summed E-state index contributed by atoms with van der Waals surface area (Å²) in [6, 6.07) is 13.5. The quantitative estimate of drug-likeness (QED) is 0.478. The molecule has 2 aromatic carbocycles. The molecule has 0 heterocycles. The van der Waals surface area contributed by atoms with Crippen molar-refractivity contribution < 1.29 is 22.7 Å². The van der Waals surface area contributed by atoms with E-state index in [0.29, 0.717) is 12.2 Å². The molecule has 0 aliphatic heterocycles. The Balaban J connectivity index is 2.49. The Hall–Kier alpha value is -3.07. The van der Waals surface area contributed by atoms with Gasteiger partial charge in [0.2, 0.25) is 21.8 Å². The van der Waals surface area contributed by atoms with Gasteiger partial charge in [0.1, 0.15) is 18.3 Å².